The third-order valence-corrected chi connectivity index (χ3v) is 3.74. The lowest BCUT2D eigenvalue weighted by atomic mass is 10.2. The van der Waals surface area contributed by atoms with Crippen LogP contribution >= 0.6 is 23.8 Å². The summed E-state index contributed by atoms with van der Waals surface area (Å²) in [5.74, 6) is 0.139. The Hall–Kier alpha value is -2.84. The standard InChI is InChI=1S/C19H20ClN3O4S/c1-12(2)27-14-9-7-13(8-10-14)18(25)21-19(28)23-22-17(24)11-26-16-6-4-3-5-15(16)20/h3-10,12H,11H2,1-2H3,(H,22,24)(H2,21,23,25,28). The second-order valence-corrected chi connectivity index (χ2v) is 6.68. The molecule has 0 saturated heterocycles. The van der Waals surface area contributed by atoms with Crippen molar-refractivity contribution in [3.8, 4) is 11.5 Å². The van der Waals surface area contributed by atoms with Crippen molar-refractivity contribution in [2.24, 2.45) is 0 Å². The summed E-state index contributed by atoms with van der Waals surface area (Å²) in [4.78, 5) is 23.9. The number of ether oxygens (including phenoxy) is 2. The Kier molecular flexibility index (Phi) is 8.03. The molecule has 0 aliphatic rings. The highest BCUT2D eigenvalue weighted by Gasteiger charge is 2.10. The van der Waals surface area contributed by atoms with E-state index in [0.29, 0.717) is 22.1 Å². The minimum absolute atomic E-state index is 0.0435. The molecule has 2 rings (SSSR count). The van der Waals surface area contributed by atoms with E-state index >= 15 is 0 Å². The molecule has 9 heteroatoms. The largest absolute Gasteiger partial charge is 0.491 e. The van der Waals surface area contributed by atoms with Crippen LogP contribution in [0.1, 0.15) is 24.2 Å². The van der Waals surface area contributed by atoms with E-state index in [0.717, 1.165) is 0 Å². The van der Waals surface area contributed by atoms with Crippen molar-refractivity contribution in [2.45, 2.75) is 20.0 Å². The van der Waals surface area contributed by atoms with Gasteiger partial charge in [0.05, 0.1) is 11.1 Å². The van der Waals surface area contributed by atoms with Crippen molar-refractivity contribution < 1.29 is 19.1 Å². The molecular formula is C19H20ClN3O4S. The van der Waals surface area contributed by atoms with Crippen LogP contribution in [0.2, 0.25) is 5.02 Å². The fraction of sp³-hybridized carbons (Fsp3) is 0.211. The van der Waals surface area contributed by atoms with Gasteiger partial charge < -0.3 is 9.47 Å². The average molecular weight is 422 g/mol. The molecule has 0 aliphatic carbocycles. The maximum absolute atomic E-state index is 12.1. The quantitative estimate of drug-likeness (QED) is 0.491. The molecule has 2 aromatic carbocycles. The summed E-state index contributed by atoms with van der Waals surface area (Å²) < 4.78 is 10.8. The normalized spacial score (nSPS) is 10.1. The van der Waals surface area contributed by atoms with Crippen molar-refractivity contribution in [1.29, 1.82) is 0 Å². The van der Waals surface area contributed by atoms with E-state index in [9.17, 15) is 9.59 Å². The lowest BCUT2D eigenvalue weighted by molar-refractivity contribution is -0.123. The third kappa shape index (κ3) is 7.05. The Morgan fingerprint density at radius 2 is 1.75 bits per heavy atom. The van der Waals surface area contributed by atoms with Crippen LogP contribution in [0.3, 0.4) is 0 Å². The second kappa shape index (κ2) is 10.5. The SMILES string of the molecule is CC(C)Oc1ccc(C(=O)NC(=S)NNC(=O)COc2ccccc2Cl)cc1. The van der Waals surface area contributed by atoms with Crippen molar-refractivity contribution in [1.82, 2.24) is 16.2 Å². The fourth-order valence-electron chi connectivity index (χ4n) is 2.03. The minimum Gasteiger partial charge on any atom is -0.491 e. The number of halogens is 1. The number of amides is 2. The Balaban J connectivity index is 1.74. The van der Waals surface area contributed by atoms with Crippen LogP contribution in [0.5, 0.6) is 11.5 Å². The number of rotatable bonds is 6. The van der Waals surface area contributed by atoms with Crippen LogP contribution in [0.25, 0.3) is 0 Å². The molecule has 2 amide bonds. The molecule has 0 radical (unpaired) electrons. The van der Waals surface area contributed by atoms with Gasteiger partial charge in [-0.2, -0.15) is 0 Å². The Morgan fingerprint density at radius 1 is 1.07 bits per heavy atom. The molecule has 7 nitrogen and oxygen atoms in total. The van der Waals surface area contributed by atoms with E-state index in [1.54, 1.807) is 48.5 Å². The van der Waals surface area contributed by atoms with E-state index in [1.807, 2.05) is 13.8 Å². The van der Waals surface area contributed by atoms with Crippen LogP contribution in [0, 0.1) is 0 Å². The van der Waals surface area contributed by atoms with Crippen LogP contribution in [-0.2, 0) is 4.79 Å². The van der Waals surface area contributed by atoms with Crippen molar-refractivity contribution >= 4 is 40.7 Å². The molecule has 0 saturated carbocycles. The van der Waals surface area contributed by atoms with Crippen LogP contribution < -0.4 is 25.6 Å². The topological polar surface area (TPSA) is 88.7 Å². The van der Waals surface area contributed by atoms with Gasteiger partial charge in [-0.3, -0.25) is 25.8 Å². The van der Waals surface area contributed by atoms with Crippen LogP contribution in [0.4, 0.5) is 0 Å². The average Bonchev–Trinajstić information content (AvgIpc) is 2.65. The van der Waals surface area contributed by atoms with Gasteiger partial charge in [-0.05, 0) is 62.5 Å². The van der Waals surface area contributed by atoms with Gasteiger partial charge in [-0.15, -0.1) is 0 Å². The zero-order valence-electron chi connectivity index (χ0n) is 15.3. The van der Waals surface area contributed by atoms with Gasteiger partial charge in [0.15, 0.2) is 11.7 Å². The molecule has 0 aliphatic heterocycles. The predicted molar refractivity (Wildman–Crippen MR) is 110 cm³/mol. The van der Waals surface area contributed by atoms with E-state index in [4.69, 9.17) is 33.3 Å². The van der Waals surface area contributed by atoms with E-state index in [2.05, 4.69) is 16.2 Å². The van der Waals surface area contributed by atoms with Gasteiger partial charge in [-0.1, -0.05) is 23.7 Å². The monoisotopic (exact) mass is 421 g/mol. The number of hydrazine groups is 1. The number of thiocarbonyl (C=S) groups is 1. The zero-order chi connectivity index (χ0) is 20.5. The molecule has 3 N–H and O–H groups in total. The molecular weight excluding hydrogens is 402 g/mol. The molecule has 0 heterocycles. The first-order valence-corrected chi connectivity index (χ1v) is 9.18. The number of benzene rings is 2. The number of hydrogen-bond donors (Lipinski definition) is 3. The van der Waals surface area contributed by atoms with Gasteiger partial charge >= 0.3 is 0 Å². The van der Waals surface area contributed by atoms with E-state index in [1.165, 1.54) is 0 Å². The summed E-state index contributed by atoms with van der Waals surface area (Å²) in [5, 5.41) is 2.80. The van der Waals surface area contributed by atoms with Gasteiger partial charge in [0, 0.05) is 5.56 Å². The maximum Gasteiger partial charge on any atom is 0.276 e. The Bertz CT molecular complexity index is 843. The second-order valence-electron chi connectivity index (χ2n) is 5.87. The molecule has 0 aromatic heterocycles. The molecule has 0 spiro atoms. The maximum atomic E-state index is 12.1. The van der Waals surface area contributed by atoms with E-state index < -0.39 is 11.8 Å². The van der Waals surface area contributed by atoms with Crippen molar-refractivity contribution in [3.05, 3.63) is 59.1 Å². The first-order valence-electron chi connectivity index (χ1n) is 8.39. The highest BCUT2D eigenvalue weighted by Crippen LogP contribution is 2.22. The lowest BCUT2D eigenvalue weighted by Crippen LogP contribution is -2.49. The smallest absolute Gasteiger partial charge is 0.276 e. The summed E-state index contributed by atoms with van der Waals surface area (Å²) in [7, 11) is 0. The third-order valence-electron chi connectivity index (χ3n) is 3.23. The fourth-order valence-corrected chi connectivity index (χ4v) is 2.37. The predicted octanol–water partition coefficient (Wildman–Crippen LogP) is 2.84. The molecule has 0 bridgehead atoms. The minimum atomic E-state index is -0.494. The number of carbonyl (C=O) groups excluding carboxylic acids is 2. The van der Waals surface area contributed by atoms with Crippen LogP contribution in [0.15, 0.2) is 48.5 Å². The summed E-state index contributed by atoms with van der Waals surface area (Å²) >= 11 is 10.9. The lowest BCUT2D eigenvalue weighted by Gasteiger charge is -2.12. The molecule has 28 heavy (non-hydrogen) atoms. The Labute approximate surface area is 173 Å². The van der Waals surface area contributed by atoms with Gasteiger partial charge in [-0.25, -0.2) is 0 Å². The molecule has 148 valence electrons. The number of hydrogen-bond acceptors (Lipinski definition) is 5. The summed E-state index contributed by atoms with van der Waals surface area (Å²) in [6.45, 7) is 3.56. The summed E-state index contributed by atoms with van der Waals surface area (Å²) in [6.07, 6.45) is 0.0435. The first-order chi connectivity index (χ1) is 13.3. The highest BCUT2D eigenvalue weighted by atomic mass is 35.5. The van der Waals surface area contributed by atoms with Crippen molar-refractivity contribution in [3.63, 3.8) is 0 Å². The van der Waals surface area contributed by atoms with Gasteiger partial charge in [0.2, 0.25) is 0 Å². The Morgan fingerprint density at radius 3 is 2.39 bits per heavy atom. The van der Waals surface area contributed by atoms with Gasteiger partial charge in [0.25, 0.3) is 11.8 Å². The van der Waals surface area contributed by atoms with Crippen LogP contribution in [-0.4, -0.2) is 29.6 Å². The summed E-state index contributed by atoms with van der Waals surface area (Å²) in [6, 6.07) is 13.4. The molecule has 0 fully saturated rings. The number of para-hydroxylation sites is 1. The highest BCUT2D eigenvalue weighted by molar-refractivity contribution is 7.80. The van der Waals surface area contributed by atoms with Gasteiger partial charge in [0.1, 0.15) is 11.5 Å². The zero-order valence-corrected chi connectivity index (χ0v) is 16.9. The molecule has 2 aromatic rings. The van der Waals surface area contributed by atoms with E-state index in [-0.39, 0.29) is 17.8 Å². The first kappa shape index (κ1) is 21.5. The molecule has 0 atom stereocenters. The van der Waals surface area contributed by atoms with Crippen molar-refractivity contribution in [2.75, 3.05) is 6.61 Å². The number of nitrogens with one attached hydrogen (secondary N) is 3. The molecule has 0 unspecified atom stereocenters. The number of carbonyl (C=O) groups is 2. The summed E-state index contributed by atoms with van der Waals surface area (Å²) in [5.41, 5.74) is 5.16.